The molecule has 2 saturated heterocycles. The summed E-state index contributed by atoms with van der Waals surface area (Å²) >= 11 is 6.04. The van der Waals surface area contributed by atoms with E-state index in [1.54, 1.807) is 7.05 Å². The number of nitrogens with two attached hydrogens (primary N) is 1. The molecule has 1 amide bonds. The van der Waals surface area contributed by atoms with Gasteiger partial charge in [0.2, 0.25) is 17.8 Å². The summed E-state index contributed by atoms with van der Waals surface area (Å²) < 4.78 is 5.93. The number of morpholine rings is 1. The van der Waals surface area contributed by atoms with Crippen LogP contribution in [0.4, 0.5) is 11.9 Å². The third-order valence-electron chi connectivity index (χ3n) is 5.98. The number of carbonyl (C=O) groups is 1. The molecule has 0 bridgehead atoms. The Balaban J connectivity index is 1.45. The number of aromatic nitrogens is 3. The molecular weight excluding hydrogens is 406 g/mol. The minimum Gasteiger partial charge on any atom is -0.368 e. The Morgan fingerprint density at radius 2 is 2.03 bits per heavy atom. The van der Waals surface area contributed by atoms with Gasteiger partial charge < -0.3 is 20.7 Å². The summed E-state index contributed by atoms with van der Waals surface area (Å²) in [6.45, 7) is 2.83. The van der Waals surface area contributed by atoms with Crippen molar-refractivity contribution in [1.29, 1.82) is 0 Å². The van der Waals surface area contributed by atoms with Crippen molar-refractivity contribution in [3.63, 3.8) is 0 Å². The Hall–Kier alpha value is -2.36. The van der Waals surface area contributed by atoms with Crippen molar-refractivity contribution in [3.05, 3.63) is 34.9 Å². The first kappa shape index (κ1) is 20.9. The van der Waals surface area contributed by atoms with Gasteiger partial charge in [0.25, 0.3) is 0 Å². The zero-order valence-corrected chi connectivity index (χ0v) is 17.8. The number of ether oxygens (including phenoxy) is 1. The number of halogens is 1. The Morgan fingerprint density at radius 1 is 1.30 bits per heavy atom. The molecule has 2 aliphatic heterocycles. The largest absolute Gasteiger partial charge is 0.368 e. The molecule has 162 valence electrons. The number of likely N-dealkylation sites (N-methyl/N-ethyl adjacent to an activating group) is 1. The summed E-state index contributed by atoms with van der Waals surface area (Å²) in [4.78, 5) is 19.9. The van der Waals surface area contributed by atoms with Crippen LogP contribution in [0.25, 0.3) is 0 Å². The van der Waals surface area contributed by atoms with Gasteiger partial charge in [-0.15, -0.1) is 10.2 Å². The van der Waals surface area contributed by atoms with Crippen LogP contribution in [-0.2, 0) is 16.0 Å². The molecule has 2 aliphatic rings. The zero-order valence-electron chi connectivity index (χ0n) is 17.1. The lowest BCUT2D eigenvalue weighted by Gasteiger charge is -2.46. The van der Waals surface area contributed by atoms with Gasteiger partial charge in [0.05, 0.1) is 6.61 Å². The van der Waals surface area contributed by atoms with Gasteiger partial charge in [0.15, 0.2) is 0 Å². The number of piperidine rings is 1. The average Bonchev–Trinajstić information content (AvgIpc) is 3.21. The van der Waals surface area contributed by atoms with Gasteiger partial charge in [-0.2, -0.15) is 0 Å². The highest BCUT2D eigenvalue weighted by Gasteiger charge is 2.37. The van der Waals surface area contributed by atoms with Crippen molar-refractivity contribution in [1.82, 2.24) is 25.4 Å². The number of aromatic amines is 1. The average molecular weight is 434 g/mol. The van der Waals surface area contributed by atoms with Crippen LogP contribution >= 0.6 is 11.6 Å². The van der Waals surface area contributed by atoms with Crippen LogP contribution in [0.15, 0.2) is 24.3 Å². The molecule has 10 heteroatoms. The van der Waals surface area contributed by atoms with E-state index in [4.69, 9.17) is 22.1 Å². The molecule has 30 heavy (non-hydrogen) atoms. The number of nitrogens with zero attached hydrogens (tertiary/aromatic N) is 4. The van der Waals surface area contributed by atoms with Crippen LogP contribution in [0, 0.1) is 0 Å². The van der Waals surface area contributed by atoms with Gasteiger partial charge in [-0.05, 0) is 37.0 Å². The molecule has 2 atom stereocenters. The number of nitrogen functional groups attached to an aromatic ring is 1. The smallest absolute Gasteiger partial charge is 0.250 e. The van der Waals surface area contributed by atoms with Crippen LogP contribution in [-0.4, -0.2) is 77.5 Å². The number of anilines is 2. The molecule has 9 nitrogen and oxygen atoms in total. The SMILES string of the molecule is CNC(=O)[C@H]1CN(C2CCN(c3nnc(N)[nH]3)CC2)[C@@H](Cc2ccc(Cl)cc2)CO1. The quantitative estimate of drug-likeness (QED) is 0.646. The van der Waals surface area contributed by atoms with E-state index in [2.05, 4.69) is 42.4 Å². The van der Waals surface area contributed by atoms with E-state index in [0.717, 1.165) is 37.4 Å². The van der Waals surface area contributed by atoms with E-state index < -0.39 is 6.10 Å². The fourth-order valence-corrected chi connectivity index (χ4v) is 4.50. The number of hydrogen-bond donors (Lipinski definition) is 3. The third kappa shape index (κ3) is 4.69. The molecule has 0 unspecified atom stereocenters. The Kier molecular flexibility index (Phi) is 6.40. The lowest BCUT2D eigenvalue weighted by atomic mass is 9.96. The second-order valence-electron chi connectivity index (χ2n) is 7.87. The maximum atomic E-state index is 12.2. The summed E-state index contributed by atoms with van der Waals surface area (Å²) in [5.74, 6) is 0.977. The molecule has 2 aromatic rings. The summed E-state index contributed by atoms with van der Waals surface area (Å²) in [6.07, 6.45) is 2.36. The van der Waals surface area contributed by atoms with Crippen LogP contribution in [0.2, 0.25) is 5.02 Å². The topological polar surface area (TPSA) is 112 Å². The number of amides is 1. The fraction of sp³-hybridized carbons (Fsp3) is 0.550. The van der Waals surface area contributed by atoms with Crippen LogP contribution < -0.4 is 16.0 Å². The summed E-state index contributed by atoms with van der Waals surface area (Å²) in [5, 5.41) is 11.4. The minimum absolute atomic E-state index is 0.0699. The molecule has 4 rings (SSSR count). The molecule has 0 saturated carbocycles. The molecule has 4 N–H and O–H groups in total. The first-order chi connectivity index (χ1) is 14.5. The van der Waals surface area contributed by atoms with Gasteiger partial charge in [-0.1, -0.05) is 23.7 Å². The number of rotatable bonds is 5. The number of hydrogen-bond acceptors (Lipinski definition) is 7. The number of nitrogens with one attached hydrogen (secondary N) is 2. The van der Waals surface area contributed by atoms with Gasteiger partial charge in [0, 0.05) is 43.8 Å². The molecule has 2 fully saturated rings. The van der Waals surface area contributed by atoms with Gasteiger partial charge >= 0.3 is 0 Å². The highest BCUT2D eigenvalue weighted by Crippen LogP contribution is 2.26. The predicted octanol–water partition coefficient (Wildman–Crippen LogP) is 1.07. The third-order valence-corrected chi connectivity index (χ3v) is 6.24. The Bertz CT molecular complexity index is 851. The van der Waals surface area contributed by atoms with Gasteiger partial charge in [0.1, 0.15) is 6.10 Å². The van der Waals surface area contributed by atoms with Crippen molar-refractivity contribution < 1.29 is 9.53 Å². The standard InChI is InChI=1S/C20H28ClN7O2/c1-23-18(29)17-11-28(16(12-30-17)10-13-2-4-14(21)5-3-13)15-6-8-27(9-7-15)20-24-19(22)25-26-20/h2-5,15-17H,6-12H2,1H3,(H,23,29)(H3,22,24,25,26)/t16-,17+/m0/s1. The maximum Gasteiger partial charge on any atom is 0.250 e. The Morgan fingerprint density at radius 3 is 2.67 bits per heavy atom. The zero-order chi connectivity index (χ0) is 21.1. The summed E-state index contributed by atoms with van der Waals surface area (Å²) in [5.41, 5.74) is 6.88. The van der Waals surface area contributed by atoms with Crippen molar-refractivity contribution in [3.8, 4) is 0 Å². The highest BCUT2D eigenvalue weighted by atomic mass is 35.5. The molecule has 0 aliphatic carbocycles. The first-order valence-corrected chi connectivity index (χ1v) is 10.7. The summed E-state index contributed by atoms with van der Waals surface area (Å²) in [6, 6.07) is 8.53. The van der Waals surface area contributed by atoms with Crippen molar-refractivity contribution >= 4 is 29.4 Å². The monoisotopic (exact) mass is 433 g/mol. The normalized spacial score (nSPS) is 23.5. The lowest BCUT2D eigenvalue weighted by molar-refractivity contribution is -0.144. The predicted molar refractivity (Wildman–Crippen MR) is 115 cm³/mol. The Labute approximate surface area is 180 Å². The molecule has 1 aromatic carbocycles. The fourth-order valence-electron chi connectivity index (χ4n) is 4.37. The van der Waals surface area contributed by atoms with E-state index >= 15 is 0 Å². The van der Waals surface area contributed by atoms with E-state index in [1.165, 1.54) is 5.56 Å². The van der Waals surface area contributed by atoms with Crippen molar-refractivity contribution in [2.24, 2.45) is 0 Å². The first-order valence-electron chi connectivity index (χ1n) is 10.3. The lowest BCUT2D eigenvalue weighted by Crippen LogP contribution is -2.59. The highest BCUT2D eigenvalue weighted by molar-refractivity contribution is 6.30. The van der Waals surface area contributed by atoms with Crippen molar-refractivity contribution in [2.75, 3.05) is 43.9 Å². The van der Waals surface area contributed by atoms with Crippen molar-refractivity contribution in [2.45, 2.75) is 37.5 Å². The maximum absolute atomic E-state index is 12.2. The molecular formula is C20H28ClN7O2. The number of H-pyrrole nitrogens is 1. The van der Waals surface area contributed by atoms with Crippen LogP contribution in [0.5, 0.6) is 0 Å². The van der Waals surface area contributed by atoms with Gasteiger partial charge in [-0.3, -0.25) is 14.7 Å². The van der Waals surface area contributed by atoms with E-state index in [0.29, 0.717) is 31.1 Å². The summed E-state index contributed by atoms with van der Waals surface area (Å²) in [7, 11) is 1.65. The van der Waals surface area contributed by atoms with E-state index in [1.807, 2.05) is 12.1 Å². The van der Waals surface area contributed by atoms with E-state index in [-0.39, 0.29) is 11.9 Å². The second kappa shape index (κ2) is 9.20. The van der Waals surface area contributed by atoms with Crippen LogP contribution in [0.1, 0.15) is 18.4 Å². The molecule has 1 aromatic heterocycles. The molecule has 0 radical (unpaired) electrons. The minimum atomic E-state index is -0.441. The molecule has 3 heterocycles. The second-order valence-corrected chi connectivity index (χ2v) is 8.31. The van der Waals surface area contributed by atoms with Gasteiger partial charge in [-0.25, -0.2) is 0 Å². The number of carbonyl (C=O) groups excluding carboxylic acids is 1. The van der Waals surface area contributed by atoms with Crippen LogP contribution in [0.3, 0.4) is 0 Å². The number of benzene rings is 1. The molecule has 0 spiro atoms. The van der Waals surface area contributed by atoms with E-state index in [9.17, 15) is 4.79 Å².